The van der Waals surface area contributed by atoms with E-state index >= 15 is 0 Å². The van der Waals surface area contributed by atoms with Gasteiger partial charge in [-0.05, 0) is 36.8 Å². The molecule has 0 saturated heterocycles. The molecule has 2 aromatic rings. The van der Waals surface area contributed by atoms with Crippen LogP contribution in [0.5, 0.6) is 11.5 Å². The number of esters is 1. The normalized spacial score (nSPS) is 17.6. The van der Waals surface area contributed by atoms with Crippen molar-refractivity contribution in [3.05, 3.63) is 68.7 Å². The predicted octanol–water partition coefficient (Wildman–Crippen LogP) is 4.94. The molecule has 0 aromatic heterocycles. The number of hydrogen-bond acceptors (Lipinski definition) is 7. The van der Waals surface area contributed by atoms with Crippen molar-refractivity contribution in [1.29, 1.82) is 5.26 Å². The second-order valence-electron chi connectivity index (χ2n) is 7.08. The zero-order valence-electron chi connectivity index (χ0n) is 18.5. The number of benzene rings is 2. The maximum atomic E-state index is 13.0. The van der Waals surface area contributed by atoms with Crippen LogP contribution in [0.2, 0.25) is 10.0 Å². The van der Waals surface area contributed by atoms with E-state index in [0.717, 1.165) is 0 Å². The van der Waals surface area contributed by atoms with Crippen molar-refractivity contribution in [3.63, 3.8) is 0 Å². The minimum absolute atomic E-state index is 0.205. The van der Waals surface area contributed by atoms with Gasteiger partial charge in [-0.25, -0.2) is 0 Å². The first kappa shape index (κ1) is 25.8. The minimum Gasteiger partial charge on any atom is -0.493 e. The third kappa shape index (κ3) is 5.79. The first-order valence-electron chi connectivity index (χ1n) is 10.4. The maximum absolute atomic E-state index is 13.0. The molecular formula is C24H22Cl2N2O5S. The molecule has 0 aliphatic carbocycles. The molecule has 0 unspecified atom stereocenters. The van der Waals surface area contributed by atoms with Gasteiger partial charge in [0.05, 0.1) is 47.0 Å². The predicted molar refractivity (Wildman–Crippen MR) is 131 cm³/mol. The molecule has 1 aliphatic rings. The van der Waals surface area contributed by atoms with E-state index in [1.165, 1.54) is 18.9 Å². The number of ether oxygens (including phenoxy) is 3. The quantitative estimate of drug-likeness (QED) is 0.284. The number of nitrogens with zero attached hydrogens (tertiary/aromatic N) is 1. The number of methoxy groups -OCH3 is 1. The standard InChI is InChI=1S/C24H22Cl2N2O5S/c1-3-32-21-17(25)11-14(12-18(21)26)19-16(13-27)23(28-22(29)20(19)24(30)31-2)34-10-9-33-15-7-5-4-6-8-15/h4-8,11-12,19-20H,3,9-10H2,1-2H3,(H,28,29)/t19-,20-/m1/s1. The Balaban J connectivity index is 1.94. The van der Waals surface area contributed by atoms with Crippen molar-refractivity contribution in [2.24, 2.45) is 5.92 Å². The van der Waals surface area contributed by atoms with E-state index in [4.69, 9.17) is 37.4 Å². The number of allylic oxidation sites excluding steroid dienone is 1. The average molecular weight is 521 g/mol. The zero-order chi connectivity index (χ0) is 24.7. The van der Waals surface area contributed by atoms with Gasteiger partial charge in [0.15, 0.2) is 5.75 Å². The lowest BCUT2D eigenvalue weighted by atomic mass is 9.78. The van der Waals surface area contributed by atoms with E-state index in [-0.39, 0.29) is 15.6 Å². The number of para-hydroxylation sites is 1. The zero-order valence-corrected chi connectivity index (χ0v) is 20.8. The molecular weight excluding hydrogens is 499 g/mol. The van der Waals surface area contributed by atoms with Gasteiger partial charge in [0.1, 0.15) is 11.7 Å². The Morgan fingerprint density at radius 3 is 2.44 bits per heavy atom. The molecule has 1 heterocycles. The van der Waals surface area contributed by atoms with E-state index in [9.17, 15) is 14.9 Å². The molecule has 1 N–H and O–H groups in total. The van der Waals surface area contributed by atoms with Crippen molar-refractivity contribution < 1.29 is 23.8 Å². The molecule has 1 aliphatic heterocycles. The van der Waals surface area contributed by atoms with E-state index in [1.807, 2.05) is 30.3 Å². The molecule has 10 heteroatoms. The Kier molecular flexibility index (Phi) is 9.11. The van der Waals surface area contributed by atoms with Crippen LogP contribution >= 0.6 is 35.0 Å². The van der Waals surface area contributed by atoms with Gasteiger partial charge >= 0.3 is 5.97 Å². The van der Waals surface area contributed by atoms with Gasteiger partial charge in [-0.2, -0.15) is 5.26 Å². The molecule has 2 atom stereocenters. The molecule has 0 fully saturated rings. The minimum atomic E-state index is -1.28. The third-order valence-corrected chi connectivity index (χ3v) is 6.54. The fraction of sp³-hybridized carbons (Fsp3) is 0.292. The van der Waals surface area contributed by atoms with Gasteiger partial charge in [0.25, 0.3) is 0 Å². The van der Waals surface area contributed by atoms with Crippen molar-refractivity contribution in [1.82, 2.24) is 5.32 Å². The van der Waals surface area contributed by atoms with Crippen LogP contribution in [0, 0.1) is 17.2 Å². The maximum Gasteiger partial charge on any atom is 0.319 e. The smallest absolute Gasteiger partial charge is 0.319 e. The fourth-order valence-corrected chi connectivity index (χ4v) is 5.03. The van der Waals surface area contributed by atoms with Crippen LogP contribution in [-0.4, -0.2) is 38.0 Å². The number of rotatable bonds is 9. The van der Waals surface area contributed by atoms with E-state index in [0.29, 0.717) is 41.1 Å². The molecule has 0 radical (unpaired) electrons. The number of hydrogen-bond donors (Lipinski definition) is 1. The number of halogens is 2. The summed E-state index contributed by atoms with van der Waals surface area (Å²) in [6, 6.07) is 14.5. The van der Waals surface area contributed by atoms with E-state index in [2.05, 4.69) is 11.4 Å². The van der Waals surface area contributed by atoms with Gasteiger partial charge in [0, 0.05) is 11.7 Å². The van der Waals surface area contributed by atoms with Crippen LogP contribution in [0.1, 0.15) is 18.4 Å². The van der Waals surface area contributed by atoms with Crippen LogP contribution in [0.3, 0.4) is 0 Å². The Morgan fingerprint density at radius 2 is 1.85 bits per heavy atom. The van der Waals surface area contributed by atoms with Gasteiger partial charge in [-0.3, -0.25) is 9.59 Å². The summed E-state index contributed by atoms with van der Waals surface area (Å²) in [5, 5.41) is 13.5. The first-order chi connectivity index (χ1) is 16.4. The Morgan fingerprint density at radius 1 is 1.18 bits per heavy atom. The van der Waals surface area contributed by atoms with E-state index < -0.39 is 23.7 Å². The molecule has 178 valence electrons. The van der Waals surface area contributed by atoms with Gasteiger partial charge in [0.2, 0.25) is 5.91 Å². The molecule has 0 bridgehead atoms. The highest BCUT2D eigenvalue weighted by molar-refractivity contribution is 8.03. The summed E-state index contributed by atoms with van der Waals surface area (Å²) in [7, 11) is 1.19. The number of amides is 1. The topological polar surface area (TPSA) is 97.6 Å². The Labute approximate surface area is 212 Å². The monoisotopic (exact) mass is 520 g/mol. The SMILES string of the molecule is CCOc1c(Cl)cc([C@@H]2C(C#N)=C(SCCOc3ccccc3)NC(=O)[C@@H]2C(=O)OC)cc1Cl. The third-order valence-electron chi connectivity index (χ3n) is 4.99. The highest BCUT2D eigenvalue weighted by atomic mass is 35.5. The van der Waals surface area contributed by atoms with Gasteiger partial charge < -0.3 is 19.5 Å². The summed E-state index contributed by atoms with van der Waals surface area (Å²) < 4.78 is 16.0. The van der Waals surface area contributed by atoms with Crippen LogP contribution in [-0.2, 0) is 14.3 Å². The Bertz CT molecular complexity index is 1110. The van der Waals surface area contributed by atoms with Crippen molar-refractivity contribution in [2.75, 3.05) is 26.1 Å². The molecule has 34 heavy (non-hydrogen) atoms. The first-order valence-corrected chi connectivity index (χ1v) is 12.1. The van der Waals surface area contributed by atoms with Gasteiger partial charge in [-0.15, -0.1) is 11.8 Å². The van der Waals surface area contributed by atoms with Gasteiger partial charge in [-0.1, -0.05) is 41.4 Å². The molecule has 2 aromatic carbocycles. The second kappa shape index (κ2) is 12.0. The van der Waals surface area contributed by atoms with Crippen LogP contribution < -0.4 is 14.8 Å². The van der Waals surface area contributed by atoms with E-state index in [1.54, 1.807) is 19.1 Å². The summed E-state index contributed by atoms with van der Waals surface area (Å²) in [6.45, 7) is 2.49. The molecule has 0 saturated carbocycles. The lowest BCUT2D eigenvalue weighted by molar-refractivity contribution is -0.150. The van der Waals surface area contributed by atoms with Crippen LogP contribution in [0.25, 0.3) is 0 Å². The number of thioether (sulfide) groups is 1. The van der Waals surface area contributed by atoms with Crippen molar-refractivity contribution in [2.45, 2.75) is 12.8 Å². The largest absolute Gasteiger partial charge is 0.493 e. The number of nitrogens with one attached hydrogen (secondary N) is 1. The van der Waals surface area contributed by atoms with Crippen molar-refractivity contribution >= 4 is 46.8 Å². The molecule has 1 amide bonds. The lowest BCUT2D eigenvalue weighted by Crippen LogP contribution is -2.44. The number of carbonyl (C=O) groups is 2. The number of carbonyl (C=O) groups excluding carboxylic acids is 2. The average Bonchev–Trinajstić information content (AvgIpc) is 2.83. The van der Waals surface area contributed by atoms with Crippen molar-refractivity contribution in [3.8, 4) is 17.6 Å². The Hall–Kier alpha value is -2.86. The summed E-state index contributed by atoms with van der Waals surface area (Å²) in [6.07, 6.45) is 0. The molecule has 7 nitrogen and oxygen atoms in total. The lowest BCUT2D eigenvalue weighted by Gasteiger charge is -2.31. The highest BCUT2D eigenvalue weighted by Crippen LogP contribution is 2.44. The summed E-state index contributed by atoms with van der Waals surface area (Å²) in [4.78, 5) is 25.5. The van der Waals surface area contributed by atoms with Crippen LogP contribution in [0.4, 0.5) is 0 Å². The number of nitriles is 1. The second-order valence-corrected chi connectivity index (χ2v) is 9.00. The summed E-state index contributed by atoms with van der Waals surface area (Å²) in [5.74, 6) is -2.11. The molecule has 3 rings (SSSR count). The highest BCUT2D eigenvalue weighted by Gasteiger charge is 2.44. The fourth-order valence-electron chi connectivity index (χ4n) is 3.54. The summed E-state index contributed by atoms with van der Waals surface area (Å²) >= 11 is 14.0. The molecule has 0 spiro atoms. The van der Waals surface area contributed by atoms with Crippen LogP contribution in [0.15, 0.2) is 53.1 Å². The summed E-state index contributed by atoms with van der Waals surface area (Å²) in [5.41, 5.74) is 0.634.